The molecule has 8 heteroatoms. The summed E-state index contributed by atoms with van der Waals surface area (Å²) in [6.07, 6.45) is 7.66. The highest BCUT2D eigenvalue weighted by atomic mass is 35.5. The van der Waals surface area contributed by atoms with Crippen LogP contribution in [0.1, 0.15) is 11.3 Å². The minimum atomic E-state index is 0.354. The second-order valence-electron chi connectivity index (χ2n) is 4.96. The predicted octanol–water partition coefficient (Wildman–Crippen LogP) is 0.766. The maximum absolute atomic E-state index is 9.28. The van der Waals surface area contributed by atoms with Crippen LogP contribution in [0, 0.1) is 23.7 Å². The Morgan fingerprint density at radius 2 is 2.41 bits per heavy atom. The smallest absolute Gasteiger partial charge is 0.196 e. The molecule has 0 unspecified atom stereocenters. The number of nitriles is 1. The zero-order chi connectivity index (χ0) is 15.7. The lowest BCUT2D eigenvalue weighted by Gasteiger charge is -2.17. The fourth-order valence-electron chi connectivity index (χ4n) is 2.51. The zero-order valence-corrected chi connectivity index (χ0v) is 12.8. The van der Waals surface area contributed by atoms with Gasteiger partial charge < -0.3 is 4.90 Å². The SMILES string of the molecule is C#CCN(C)c1c(C#N)cnn1-c1nn2c(c1Cl)CCNC2. The van der Waals surface area contributed by atoms with Crippen LogP contribution in [-0.2, 0) is 13.1 Å². The van der Waals surface area contributed by atoms with Gasteiger partial charge >= 0.3 is 0 Å². The van der Waals surface area contributed by atoms with Crippen molar-refractivity contribution in [3.63, 3.8) is 0 Å². The predicted molar refractivity (Wildman–Crippen MR) is 82.9 cm³/mol. The van der Waals surface area contributed by atoms with Crippen LogP contribution in [-0.4, -0.2) is 39.7 Å². The van der Waals surface area contributed by atoms with Gasteiger partial charge in [0, 0.05) is 20.0 Å². The van der Waals surface area contributed by atoms with E-state index < -0.39 is 0 Å². The Morgan fingerprint density at radius 1 is 1.59 bits per heavy atom. The Labute approximate surface area is 133 Å². The van der Waals surface area contributed by atoms with Crippen molar-refractivity contribution < 1.29 is 0 Å². The van der Waals surface area contributed by atoms with Crippen molar-refractivity contribution >= 4 is 17.4 Å². The molecule has 1 aliphatic rings. The summed E-state index contributed by atoms with van der Waals surface area (Å²) in [5.74, 6) is 3.66. The third kappa shape index (κ3) is 2.21. The molecule has 2 aromatic heterocycles. The van der Waals surface area contributed by atoms with Gasteiger partial charge in [0.15, 0.2) is 11.6 Å². The number of hydrogen-bond donors (Lipinski definition) is 1. The van der Waals surface area contributed by atoms with Crippen LogP contribution in [0.4, 0.5) is 5.82 Å². The van der Waals surface area contributed by atoms with Gasteiger partial charge in [-0.2, -0.15) is 15.0 Å². The van der Waals surface area contributed by atoms with Gasteiger partial charge in [-0.05, 0) is 0 Å². The van der Waals surface area contributed by atoms with Gasteiger partial charge in [-0.1, -0.05) is 17.5 Å². The number of anilines is 1. The average Bonchev–Trinajstić information content (AvgIpc) is 3.09. The van der Waals surface area contributed by atoms with E-state index >= 15 is 0 Å². The van der Waals surface area contributed by atoms with Crippen LogP contribution >= 0.6 is 11.6 Å². The van der Waals surface area contributed by atoms with Crippen LogP contribution in [0.25, 0.3) is 5.82 Å². The fourth-order valence-corrected chi connectivity index (χ4v) is 2.82. The summed E-state index contributed by atoms with van der Waals surface area (Å²) in [5, 5.41) is 21.8. The molecule has 0 fully saturated rings. The van der Waals surface area contributed by atoms with Gasteiger partial charge in [0.25, 0.3) is 0 Å². The number of rotatable bonds is 3. The number of terminal acetylenes is 1. The molecule has 0 radical (unpaired) electrons. The lowest BCUT2D eigenvalue weighted by Crippen LogP contribution is -2.29. The van der Waals surface area contributed by atoms with Crippen molar-refractivity contribution in [2.75, 3.05) is 25.0 Å². The molecule has 0 amide bonds. The van der Waals surface area contributed by atoms with E-state index in [4.69, 9.17) is 18.0 Å². The highest BCUT2D eigenvalue weighted by molar-refractivity contribution is 6.32. The summed E-state index contributed by atoms with van der Waals surface area (Å²) in [4.78, 5) is 1.78. The molecule has 3 rings (SSSR count). The first-order valence-electron chi connectivity index (χ1n) is 6.76. The molecule has 1 aliphatic heterocycles. The highest BCUT2D eigenvalue weighted by Gasteiger charge is 2.24. The standard InChI is InChI=1S/C14H14ClN7/c1-3-6-20(2)14-10(7-16)8-18-22(14)13-12(15)11-4-5-17-9-21(11)19-13/h1,8,17H,4-6,9H2,2H3. The van der Waals surface area contributed by atoms with E-state index in [0.29, 0.717) is 35.4 Å². The molecule has 3 heterocycles. The Hall–Kier alpha value is -2.48. The van der Waals surface area contributed by atoms with Gasteiger partial charge in [-0.3, -0.25) is 10.00 Å². The third-order valence-corrected chi connectivity index (χ3v) is 3.92. The molecule has 2 aromatic rings. The minimum Gasteiger partial charge on any atom is -0.347 e. The first-order valence-corrected chi connectivity index (χ1v) is 7.14. The molecule has 0 aliphatic carbocycles. The number of nitrogens with zero attached hydrogens (tertiary/aromatic N) is 6. The normalized spacial score (nSPS) is 13.3. The molecule has 0 saturated heterocycles. The average molecular weight is 316 g/mol. The van der Waals surface area contributed by atoms with Crippen LogP contribution < -0.4 is 10.2 Å². The van der Waals surface area contributed by atoms with Gasteiger partial charge in [0.05, 0.1) is 25.1 Å². The molecular weight excluding hydrogens is 302 g/mol. The second kappa shape index (κ2) is 5.72. The van der Waals surface area contributed by atoms with Crippen molar-refractivity contribution in [3.05, 3.63) is 22.5 Å². The van der Waals surface area contributed by atoms with Crippen molar-refractivity contribution in [3.8, 4) is 24.2 Å². The Bertz CT molecular complexity index is 789. The van der Waals surface area contributed by atoms with E-state index in [9.17, 15) is 5.26 Å². The van der Waals surface area contributed by atoms with Gasteiger partial charge in [0.1, 0.15) is 16.7 Å². The summed E-state index contributed by atoms with van der Waals surface area (Å²) in [7, 11) is 1.81. The number of fused-ring (bicyclic) bond motifs is 1. The fraction of sp³-hybridized carbons (Fsp3) is 0.357. The first-order chi connectivity index (χ1) is 10.7. The van der Waals surface area contributed by atoms with Crippen LogP contribution in [0.15, 0.2) is 6.20 Å². The Morgan fingerprint density at radius 3 is 3.09 bits per heavy atom. The van der Waals surface area contributed by atoms with Gasteiger partial charge in [0.2, 0.25) is 0 Å². The van der Waals surface area contributed by atoms with Crippen molar-refractivity contribution in [1.82, 2.24) is 24.9 Å². The highest BCUT2D eigenvalue weighted by Crippen LogP contribution is 2.30. The summed E-state index contributed by atoms with van der Waals surface area (Å²) < 4.78 is 3.39. The van der Waals surface area contributed by atoms with E-state index in [1.807, 2.05) is 4.68 Å². The number of halogens is 1. The van der Waals surface area contributed by atoms with E-state index in [0.717, 1.165) is 18.7 Å². The maximum atomic E-state index is 9.28. The molecular formula is C14H14ClN7. The van der Waals surface area contributed by atoms with E-state index in [1.54, 1.807) is 16.6 Å². The minimum absolute atomic E-state index is 0.354. The molecule has 0 aromatic carbocycles. The molecule has 0 saturated carbocycles. The first kappa shape index (κ1) is 14.5. The molecule has 112 valence electrons. The number of aromatic nitrogens is 4. The van der Waals surface area contributed by atoms with Crippen molar-refractivity contribution in [1.29, 1.82) is 5.26 Å². The Balaban J connectivity index is 2.14. The van der Waals surface area contributed by atoms with Crippen LogP contribution in [0.3, 0.4) is 0 Å². The molecule has 0 atom stereocenters. The quantitative estimate of drug-likeness (QED) is 0.847. The van der Waals surface area contributed by atoms with Crippen LogP contribution in [0.5, 0.6) is 0 Å². The lowest BCUT2D eigenvalue weighted by molar-refractivity contribution is 0.451. The molecule has 0 spiro atoms. The van der Waals surface area contributed by atoms with Gasteiger partial charge in [-0.15, -0.1) is 11.5 Å². The zero-order valence-electron chi connectivity index (χ0n) is 12.0. The molecule has 22 heavy (non-hydrogen) atoms. The van der Waals surface area contributed by atoms with Crippen molar-refractivity contribution in [2.24, 2.45) is 0 Å². The molecule has 7 nitrogen and oxygen atoms in total. The number of hydrogen-bond acceptors (Lipinski definition) is 5. The number of nitrogens with one attached hydrogen (secondary N) is 1. The summed E-state index contributed by atoms with van der Waals surface area (Å²) in [5.41, 5.74) is 1.40. The van der Waals surface area contributed by atoms with Crippen molar-refractivity contribution in [2.45, 2.75) is 13.1 Å². The van der Waals surface area contributed by atoms with E-state index in [-0.39, 0.29) is 0 Å². The second-order valence-corrected chi connectivity index (χ2v) is 5.34. The van der Waals surface area contributed by atoms with E-state index in [2.05, 4.69) is 27.5 Å². The van der Waals surface area contributed by atoms with Crippen LogP contribution in [0.2, 0.25) is 5.02 Å². The topological polar surface area (TPSA) is 74.7 Å². The summed E-state index contributed by atoms with van der Waals surface area (Å²) in [6.45, 7) is 1.82. The summed E-state index contributed by atoms with van der Waals surface area (Å²) in [6, 6.07) is 2.12. The summed E-state index contributed by atoms with van der Waals surface area (Å²) >= 11 is 6.47. The monoisotopic (exact) mass is 315 g/mol. The molecule has 1 N–H and O–H groups in total. The molecule has 0 bridgehead atoms. The van der Waals surface area contributed by atoms with Gasteiger partial charge in [-0.25, -0.2) is 0 Å². The largest absolute Gasteiger partial charge is 0.347 e. The third-order valence-electron chi connectivity index (χ3n) is 3.53. The van der Waals surface area contributed by atoms with E-state index in [1.165, 1.54) is 6.20 Å². The lowest BCUT2D eigenvalue weighted by atomic mass is 10.2. The Kier molecular flexibility index (Phi) is 3.76. The maximum Gasteiger partial charge on any atom is 0.196 e.